The van der Waals surface area contributed by atoms with Crippen molar-refractivity contribution < 1.29 is 19.1 Å². The van der Waals surface area contributed by atoms with Gasteiger partial charge in [0.25, 0.3) is 5.91 Å². The Morgan fingerprint density at radius 2 is 2.04 bits per heavy atom. The van der Waals surface area contributed by atoms with Gasteiger partial charge in [-0.05, 0) is 24.3 Å². The molecule has 0 fully saturated rings. The molecule has 0 bridgehead atoms. The number of methoxy groups -OCH3 is 1. The zero-order valence-corrected chi connectivity index (χ0v) is 15.8. The monoisotopic (exact) mass is 371 g/mol. The molecule has 0 aliphatic heterocycles. The van der Waals surface area contributed by atoms with Crippen LogP contribution in [0.1, 0.15) is 25.1 Å². The molecule has 0 saturated carbocycles. The van der Waals surface area contributed by atoms with E-state index in [-0.39, 0.29) is 24.5 Å². The second-order valence-corrected chi connectivity index (χ2v) is 5.95. The van der Waals surface area contributed by atoms with Crippen molar-refractivity contribution >= 4 is 17.5 Å². The second kappa shape index (κ2) is 10.3. The van der Waals surface area contributed by atoms with Gasteiger partial charge in [-0.1, -0.05) is 19.1 Å². The van der Waals surface area contributed by atoms with Crippen molar-refractivity contribution in [1.29, 1.82) is 0 Å². The number of hydrogen-bond acceptors (Lipinski definition) is 5. The van der Waals surface area contributed by atoms with Crippen molar-refractivity contribution in [1.82, 2.24) is 9.88 Å². The third kappa shape index (κ3) is 6.07. The van der Waals surface area contributed by atoms with Crippen LogP contribution in [-0.2, 0) is 14.3 Å². The Balaban J connectivity index is 1.99. The maximum Gasteiger partial charge on any atom is 0.260 e. The normalized spacial score (nSPS) is 11.5. The van der Waals surface area contributed by atoms with Gasteiger partial charge in [-0.3, -0.25) is 14.6 Å². The summed E-state index contributed by atoms with van der Waals surface area (Å²) in [4.78, 5) is 29.9. The van der Waals surface area contributed by atoms with Crippen molar-refractivity contribution in [3.8, 4) is 5.75 Å². The highest BCUT2D eigenvalue weighted by molar-refractivity contribution is 5.90. The summed E-state index contributed by atoms with van der Waals surface area (Å²) in [6, 6.07) is 12.2. The minimum Gasteiger partial charge on any atom is -0.484 e. The van der Waals surface area contributed by atoms with Crippen LogP contribution in [0.3, 0.4) is 0 Å². The summed E-state index contributed by atoms with van der Waals surface area (Å²) in [6.45, 7) is 1.98. The van der Waals surface area contributed by atoms with Crippen molar-refractivity contribution in [3.63, 3.8) is 0 Å². The van der Waals surface area contributed by atoms with E-state index in [0.717, 1.165) is 5.69 Å². The lowest BCUT2D eigenvalue weighted by molar-refractivity contribution is -0.135. The molecule has 144 valence electrons. The Morgan fingerprint density at radius 1 is 1.22 bits per heavy atom. The van der Waals surface area contributed by atoms with Crippen LogP contribution >= 0.6 is 0 Å². The van der Waals surface area contributed by atoms with Gasteiger partial charge >= 0.3 is 0 Å². The number of likely N-dealkylation sites (N-methyl/N-ethyl adjacent to an activating group) is 1. The Morgan fingerprint density at radius 3 is 2.70 bits per heavy atom. The first kappa shape index (κ1) is 20.4. The first-order valence-corrected chi connectivity index (χ1v) is 8.73. The van der Waals surface area contributed by atoms with E-state index in [1.54, 1.807) is 56.4 Å². The van der Waals surface area contributed by atoms with E-state index >= 15 is 0 Å². The van der Waals surface area contributed by atoms with Gasteiger partial charge in [0.15, 0.2) is 6.61 Å². The Kier molecular flexibility index (Phi) is 7.76. The van der Waals surface area contributed by atoms with E-state index in [0.29, 0.717) is 24.5 Å². The molecule has 1 atom stereocenters. The number of anilines is 1. The number of carbonyl (C=O) groups excluding carboxylic acids is 2. The van der Waals surface area contributed by atoms with Crippen LogP contribution < -0.4 is 10.1 Å². The number of pyridine rings is 1. The van der Waals surface area contributed by atoms with Gasteiger partial charge in [-0.2, -0.15) is 0 Å². The average Bonchev–Trinajstić information content (AvgIpc) is 2.70. The number of hydrogen-bond donors (Lipinski definition) is 1. The molecule has 1 aromatic heterocycles. The van der Waals surface area contributed by atoms with Gasteiger partial charge in [0.05, 0.1) is 18.3 Å². The zero-order chi connectivity index (χ0) is 19.6. The molecule has 1 aromatic carbocycles. The van der Waals surface area contributed by atoms with E-state index in [1.165, 1.54) is 0 Å². The fourth-order valence-electron chi connectivity index (χ4n) is 2.46. The summed E-state index contributed by atoms with van der Waals surface area (Å²) in [5, 5.41) is 2.76. The third-order valence-corrected chi connectivity index (χ3v) is 4.02. The molecule has 2 rings (SSSR count). The Labute approximate surface area is 159 Å². The first-order valence-electron chi connectivity index (χ1n) is 8.73. The maximum absolute atomic E-state index is 12.6. The zero-order valence-electron chi connectivity index (χ0n) is 15.8. The van der Waals surface area contributed by atoms with Crippen molar-refractivity contribution in [2.24, 2.45) is 0 Å². The van der Waals surface area contributed by atoms with Crippen molar-refractivity contribution in [2.45, 2.75) is 19.4 Å². The highest BCUT2D eigenvalue weighted by atomic mass is 16.5. The van der Waals surface area contributed by atoms with Gasteiger partial charge < -0.3 is 19.7 Å². The molecule has 27 heavy (non-hydrogen) atoms. The molecule has 7 nitrogen and oxygen atoms in total. The molecule has 0 spiro atoms. The third-order valence-electron chi connectivity index (χ3n) is 4.02. The molecular formula is C20H25N3O4. The molecular weight excluding hydrogens is 346 g/mol. The largest absolute Gasteiger partial charge is 0.484 e. The van der Waals surface area contributed by atoms with Crippen molar-refractivity contribution in [2.75, 3.05) is 32.7 Å². The van der Waals surface area contributed by atoms with Crippen LogP contribution in [0.4, 0.5) is 5.69 Å². The van der Waals surface area contributed by atoms with Gasteiger partial charge in [0.1, 0.15) is 5.75 Å². The predicted octanol–water partition coefficient (Wildman–Crippen LogP) is 2.66. The van der Waals surface area contributed by atoms with E-state index in [1.807, 2.05) is 18.2 Å². The summed E-state index contributed by atoms with van der Waals surface area (Å²) in [6.07, 6.45) is 2.08. The number of rotatable bonds is 9. The summed E-state index contributed by atoms with van der Waals surface area (Å²) >= 11 is 0. The van der Waals surface area contributed by atoms with Crippen LogP contribution in [-0.4, -0.2) is 49.1 Å². The summed E-state index contributed by atoms with van der Waals surface area (Å²) in [5.41, 5.74) is 1.38. The molecule has 2 aromatic rings. The van der Waals surface area contributed by atoms with E-state index in [2.05, 4.69) is 10.3 Å². The molecule has 0 aliphatic rings. The maximum atomic E-state index is 12.6. The SMILES string of the molecule is CCC(=O)Nc1cccc(OCC(=O)N(C)[C@@H](COC)c2ccccn2)c1. The van der Waals surface area contributed by atoms with Crippen LogP contribution in [0.25, 0.3) is 0 Å². The van der Waals surface area contributed by atoms with Crippen LogP contribution in [0, 0.1) is 0 Å². The summed E-state index contributed by atoms with van der Waals surface area (Å²) < 4.78 is 10.8. The lowest BCUT2D eigenvalue weighted by Crippen LogP contribution is -2.37. The number of nitrogens with one attached hydrogen (secondary N) is 1. The lowest BCUT2D eigenvalue weighted by Gasteiger charge is -2.27. The molecule has 0 saturated heterocycles. The predicted molar refractivity (Wildman–Crippen MR) is 102 cm³/mol. The quantitative estimate of drug-likeness (QED) is 0.733. The number of amides is 2. The van der Waals surface area contributed by atoms with Crippen LogP contribution in [0.15, 0.2) is 48.7 Å². The molecule has 0 aliphatic carbocycles. The summed E-state index contributed by atoms with van der Waals surface area (Å²) in [7, 11) is 3.28. The minimum absolute atomic E-state index is 0.0827. The first-order chi connectivity index (χ1) is 13.0. The number of nitrogens with zero attached hydrogens (tertiary/aromatic N) is 2. The Bertz CT molecular complexity index is 752. The van der Waals surface area contributed by atoms with Crippen molar-refractivity contribution in [3.05, 3.63) is 54.4 Å². The molecule has 1 N–H and O–H groups in total. The van der Waals surface area contributed by atoms with Gasteiger partial charge in [0, 0.05) is 38.5 Å². The molecule has 2 amide bonds. The number of carbonyl (C=O) groups is 2. The highest BCUT2D eigenvalue weighted by Crippen LogP contribution is 2.20. The topological polar surface area (TPSA) is 80.8 Å². The molecule has 7 heteroatoms. The average molecular weight is 371 g/mol. The molecule has 0 unspecified atom stereocenters. The fraction of sp³-hybridized carbons (Fsp3) is 0.350. The molecule has 1 heterocycles. The summed E-state index contributed by atoms with van der Waals surface area (Å²) in [5.74, 6) is 0.221. The van der Waals surface area contributed by atoms with E-state index < -0.39 is 0 Å². The number of aromatic nitrogens is 1. The van der Waals surface area contributed by atoms with Crippen LogP contribution in [0.5, 0.6) is 5.75 Å². The minimum atomic E-state index is -0.303. The van der Waals surface area contributed by atoms with Crippen LogP contribution in [0.2, 0.25) is 0 Å². The van der Waals surface area contributed by atoms with Gasteiger partial charge in [-0.25, -0.2) is 0 Å². The van der Waals surface area contributed by atoms with E-state index in [9.17, 15) is 9.59 Å². The Hall–Kier alpha value is -2.93. The number of benzene rings is 1. The standard InChI is InChI=1S/C20H25N3O4/c1-4-19(24)22-15-8-7-9-16(12-15)27-14-20(25)23(2)18(13-26-3)17-10-5-6-11-21-17/h5-12,18H,4,13-14H2,1-3H3,(H,22,24)/t18-/m0/s1. The second-order valence-electron chi connectivity index (χ2n) is 5.95. The highest BCUT2D eigenvalue weighted by Gasteiger charge is 2.23. The molecule has 0 radical (unpaired) electrons. The van der Waals surface area contributed by atoms with Gasteiger partial charge in [0.2, 0.25) is 5.91 Å². The lowest BCUT2D eigenvalue weighted by atomic mass is 10.1. The van der Waals surface area contributed by atoms with Gasteiger partial charge in [-0.15, -0.1) is 0 Å². The van der Waals surface area contributed by atoms with E-state index in [4.69, 9.17) is 9.47 Å². The smallest absolute Gasteiger partial charge is 0.260 e. The number of ether oxygens (including phenoxy) is 2. The fourth-order valence-corrected chi connectivity index (χ4v) is 2.46.